The molecule has 1 aromatic heterocycles. The van der Waals surface area contributed by atoms with E-state index in [2.05, 4.69) is 15.6 Å². The molecular weight excluding hydrogens is 280 g/mol. The molecule has 116 valence electrons. The highest BCUT2D eigenvalue weighted by molar-refractivity contribution is 5.77. The minimum absolute atomic E-state index is 0.0197. The monoisotopic (exact) mass is 300 g/mol. The van der Waals surface area contributed by atoms with Gasteiger partial charge in [0, 0.05) is 25.6 Å². The van der Waals surface area contributed by atoms with Crippen LogP contribution in [0, 0.1) is 0 Å². The van der Waals surface area contributed by atoms with Gasteiger partial charge in [-0.15, -0.1) is 0 Å². The number of rotatable bonds is 4. The van der Waals surface area contributed by atoms with E-state index in [1.807, 2.05) is 18.2 Å². The van der Waals surface area contributed by atoms with Crippen LogP contribution in [-0.4, -0.2) is 34.6 Å². The fourth-order valence-corrected chi connectivity index (χ4v) is 2.76. The van der Waals surface area contributed by atoms with Crippen LogP contribution in [0.15, 0.2) is 35.4 Å². The van der Waals surface area contributed by atoms with E-state index in [0.717, 1.165) is 25.9 Å². The average molecular weight is 300 g/mol. The van der Waals surface area contributed by atoms with Gasteiger partial charge in [-0.05, 0) is 31.5 Å². The van der Waals surface area contributed by atoms with E-state index in [-0.39, 0.29) is 23.9 Å². The summed E-state index contributed by atoms with van der Waals surface area (Å²) in [6, 6.07) is 7.44. The molecule has 0 aliphatic carbocycles. The number of fused-ring (bicyclic) bond motifs is 1. The molecule has 2 heterocycles. The Hall–Kier alpha value is -2.21. The van der Waals surface area contributed by atoms with Gasteiger partial charge < -0.3 is 10.6 Å². The summed E-state index contributed by atoms with van der Waals surface area (Å²) in [6.45, 7) is 2.19. The number of aryl methyl sites for hydroxylation is 1. The molecule has 0 spiro atoms. The number of nitrogens with one attached hydrogen (secondary N) is 2. The molecular formula is C16H20N4O2. The Labute approximate surface area is 128 Å². The van der Waals surface area contributed by atoms with Crippen molar-refractivity contribution < 1.29 is 4.79 Å². The van der Waals surface area contributed by atoms with E-state index in [1.54, 1.807) is 6.07 Å². The van der Waals surface area contributed by atoms with E-state index >= 15 is 0 Å². The van der Waals surface area contributed by atoms with Crippen molar-refractivity contribution in [3.05, 3.63) is 40.9 Å². The molecule has 0 bridgehead atoms. The van der Waals surface area contributed by atoms with Gasteiger partial charge in [-0.2, -0.15) is 0 Å². The molecule has 2 aromatic rings. The first-order valence-electron chi connectivity index (χ1n) is 7.68. The van der Waals surface area contributed by atoms with Crippen LogP contribution in [0.2, 0.25) is 0 Å². The van der Waals surface area contributed by atoms with Gasteiger partial charge in [-0.1, -0.05) is 12.1 Å². The number of hydrogen-bond acceptors (Lipinski definition) is 4. The molecule has 0 radical (unpaired) electrons. The minimum atomic E-state index is -0.0993. The lowest BCUT2D eigenvalue weighted by Gasteiger charge is -2.23. The van der Waals surface area contributed by atoms with Crippen molar-refractivity contribution in [2.45, 2.75) is 31.8 Å². The van der Waals surface area contributed by atoms with Gasteiger partial charge in [0.15, 0.2) is 0 Å². The Balaban J connectivity index is 1.62. The van der Waals surface area contributed by atoms with E-state index in [1.165, 1.54) is 10.9 Å². The second-order valence-corrected chi connectivity index (χ2v) is 5.62. The lowest BCUT2D eigenvalue weighted by atomic mass is 10.1. The fourth-order valence-electron chi connectivity index (χ4n) is 2.76. The Kier molecular flexibility index (Phi) is 4.48. The predicted molar refractivity (Wildman–Crippen MR) is 84.7 cm³/mol. The van der Waals surface area contributed by atoms with Crippen LogP contribution in [0.1, 0.15) is 19.3 Å². The maximum atomic E-state index is 12.3. The van der Waals surface area contributed by atoms with Gasteiger partial charge in [-0.25, -0.2) is 4.98 Å². The Morgan fingerprint density at radius 2 is 2.27 bits per heavy atom. The first kappa shape index (κ1) is 14.7. The van der Waals surface area contributed by atoms with Crippen LogP contribution < -0.4 is 16.2 Å². The number of aromatic nitrogens is 2. The summed E-state index contributed by atoms with van der Waals surface area (Å²) in [5, 5.41) is 6.86. The highest BCUT2D eigenvalue weighted by atomic mass is 16.2. The quantitative estimate of drug-likeness (QED) is 0.869. The normalized spacial score (nSPS) is 18.3. The summed E-state index contributed by atoms with van der Waals surface area (Å²) in [4.78, 5) is 28.6. The number of nitrogens with zero attached hydrogens (tertiary/aromatic N) is 2. The van der Waals surface area contributed by atoms with Crippen molar-refractivity contribution in [2.75, 3.05) is 13.1 Å². The maximum Gasteiger partial charge on any atom is 0.261 e. The maximum absolute atomic E-state index is 12.3. The summed E-state index contributed by atoms with van der Waals surface area (Å²) in [7, 11) is 0. The number of para-hydroxylation sites is 1. The average Bonchev–Trinajstić information content (AvgIpc) is 2.55. The Morgan fingerprint density at radius 1 is 1.41 bits per heavy atom. The molecule has 1 saturated heterocycles. The second kappa shape index (κ2) is 6.70. The first-order valence-corrected chi connectivity index (χ1v) is 7.68. The third-order valence-corrected chi connectivity index (χ3v) is 3.97. The highest BCUT2D eigenvalue weighted by Crippen LogP contribution is 2.05. The first-order chi connectivity index (χ1) is 10.7. The van der Waals surface area contributed by atoms with Crippen molar-refractivity contribution in [1.82, 2.24) is 20.2 Å². The summed E-state index contributed by atoms with van der Waals surface area (Å²) in [5.41, 5.74) is 0.583. The van der Waals surface area contributed by atoms with Crippen molar-refractivity contribution in [3.8, 4) is 0 Å². The summed E-state index contributed by atoms with van der Waals surface area (Å²) >= 11 is 0. The molecule has 6 nitrogen and oxygen atoms in total. The molecule has 1 aromatic carbocycles. The lowest BCUT2D eigenvalue weighted by molar-refractivity contribution is -0.122. The van der Waals surface area contributed by atoms with E-state index in [9.17, 15) is 9.59 Å². The SMILES string of the molecule is O=C(CCn1cnc2ccccc2c1=O)NC1CCCNC1. The molecule has 6 heteroatoms. The van der Waals surface area contributed by atoms with Crippen LogP contribution >= 0.6 is 0 Å². The minimum Gasteiger partial charge on any atom is -0.352 e. The molecule has 22 heavy (non-hydrogen) atoms. The number of carbonyl (C=O) groups excluding carboxylic acids is 1. The molecule has 1 atom stereocenters. The largest absolute Gasteiger partial charge is 0.352 e. The molecule has 1 aliphatic rings. The van der Waals surface area contributed by atoms with Crippen LogP contribution in [0.25, 0.3) is 10.9 Å². The Bertz CT molecular complexity index is 719. The molecule has 1 amide bonds. The van der Waals surface area contributed by atoms with Gasteiger partial charge in [0.05, 0.1) is 17.2 Å². The standard InChI is InChI=1S/C16H20N4O2/c21-15(19-12-4-3-8-17-10-12)7-9-20-11-18-14-6-2-1-5-13(14)16(20)22/h1-2,5-6,11-12,17H,3-4,7-10H2,(H,19,21). The molecule has 2 N–H and O–H groups in total. The smallest absolute Gasteiger partial charge is 0.261 e. The van der Waals surface area contributed by atoms with Gasteiger partial charge in [0.2, 0.25) is 5.91 Å². The van der Waals surface area contributed by atoms with Crippen LogP contribution in [0.4, 0.5) is 0 Å². The van der Waals surface area contributed by atoms with Crippen molar-refractivity contribution in [1.29, 1.82) is 0 Å². The molecule has 0 saturated carbocycles. The highest BCUT2D eigenvalue weighted by Gasteiger charge is 2.15. The fraction of sp³-hybridized carbons (Fsp3) is 0.438. The van der Waals surface area contributed by atoms with Crippen LogP contribution in [0.5, 0.6) is 0 Å². The van der Waals surface area contributed by atoms with E-state index < -0.39 is 0 Å². The molecule has 1 aliphatic heterocycles. The topological polar surface area (TPSA) is 76.0 Å². The van der Waals surface area contributed by atoms with Gasteiger partial charge in [0.25, 0.3) is 5.56 Å². The van der Waals surface area contributed by atoms with Crippen LogP contribution in [0.3, 0.4) is 0 Å². The van der Waals surface area contributed by atoms with Crippen LogP contribution in [-0.2, 0) is 11.3 Å². The summed E-state index contributed by atoms with van der Waals surface area (Å²) in [5.74, 6) is -0.0197. The number of hydrogen-bond donors (Lipinski definition) is 2. The Morgan fingerprint density at radius 3 is 3.09 bits per heavy atom. The summed E-state index contributed by atoms with van der Waals surface area (Å²) < 4.78 is 1.50. The third-order valence-electron chi connectivity index (χ3n) is 3.97. The number of amides is 1. The van der Waals surface area contributed by atoms with Crippen molar-refractivity contribution in [2.24, 2.45) is 0 Å². The number of benzene rings is 1. The lowest BCUT2D eigenvalue weighted by Crippen LogP contribution is -2.45. The second-order valence-electron chi connectivity index (χ2n) is 5.62. The van der Waals surface area contributed by atoms with Gasteiger partial charge in [0.1, 0.15) is 0 Å². The van der Waals surface area contributed by atoms with Gasteiger partial charge in [-0.3, -0.25) is 14.2 Å². The number of piperidine rings is 1. The zero-order chi connectivity index (χ0) is 15.4. The van der Waals surface area contributed by atoms with E-state index in [4.69, 9.17) is 0 Å². The zero-order valence-electron chi connectivity index (χ0n) is 12.4. The van der Waals surface area contributed by atoms with Gasteiger partial charge >= 0.3 is 0 Å². The zero-order valence-corrected chi connectivity index (χ0v) is 12.4. The molecule has 1 unspecified atom stereocenters. The number of carbonyl (C=O) groups is 1. The van der Waals surface area contributed by atoms with Crippen molar-refractivity contribution in [3.63, 3.8) is 0 Å². The third kappa shape index (κ3) is 3.33. The van der Waals surface area contributed by atoms with E-state index in [0.29, 0.717) is 17.4 Å². The predicted octanol–water partition coefficient (Wildman–Crippen LogP) is 0.655. The molecule has 1 fully saturated rings. The summed E-state index contributed by atoms with van der Waals surface area (Å²) in [6.07, 6.45) is 3.89. The molecule has 3 rings (SSSR count). The van der Waals surface area contributed by atoms with Crippen molar-refractivity contribution >= 4 is 16.8 Å².